The standard InChI is InChI=1S/C120H70N12/c121-71-75-28-24-50-103(113(75)117-107(52-26-64-123-117)130-101-49-23-16-42-89(101)116-106(130)62-59-86-81-36-10-19-45-97(81)127(119(86)116)78-32-6-2-7-33-78)129-100-48-22-15-41-88(100)115-105(129)63-60-87-90-66-74(56-61-102(90)128(120(87)115)79-34-8-3-9-35-79)73-54-57-80(58-55-73)126-96-44-18-12-38-83(96)92-67-93-84-39-13-20-46-98(84)131(111(93)69-110(92)126)104-51-25-29-76(72-122)114(104)118-108(53-27-65-124-118)132-99-47-21-14-40-85(99)94-68-91-82-37-11-17-43-95(82)125(109(91)70-112(94)132)77-30-4-1-5-31-77/h1-70H. The fourth-order valence-corrected chi connectivity index (χ4v) is 22.5. The summed E-state index contributed by atoms with van der Waals surface area (Å²) in [7, 11) is 0. The van der Waals surface area contributed by atoms with Gasteiger partial charge in [0.15, 0.2) is 0 Å². The molecule has 0 aliphatic carbocycles. The monoisotopic (exact) mass is 1680 g/mol. The Morgan fingerprint density at radius 1 is 0.182 bits per heavy atom. The van der Waals surface area contributed by atoms with Crippen molar-refractivity contribution in [1.29, 1.82) is 10.5 Å². The average molecular weight is 1680 g/mol. The van der Waals surface area contributed by atoms with Gasteiger partial charge in [-0.25, -0.2) is 0 Å². The maximum atomic E-state index is 11.6. The second-order valence-electron chi connectivity index (χ2n) is 34.4. The fourth-order valence-electron chi connectivity index (χ4n) is 22.5. The summed E-state index contributed by atoms with van der Waals surface area (Å²) in [5, 5.41) is 41.3. The van der Waals surface area contributed by atoms with Crippen LogP contribution in [0, 0.1) is 22.7 Å². The summed E-state index contributed by atoms with van der Waals surface area (Å²) in [6, 6.07) is 154. The summed E-state index contributed by atoms with van der Waals surface area (Å²) >= 11 is 0. The Morgan fingerprint density at radius 3 is 0.909 bits per heavy atom. The van der Waals surface area contributed by atoms with Crippen LogP contribution in [0.2, 0.25) is 0 Å². The summed E-state index contributed by atoms with van der Waals surface area (Å²) in [4.78, 5) is 10.8. The Morgan fingerprint density at radius 2 is 0.477 bits per heavy atom. The molecule has 12 heteroatoms. The molecule has 0 amide bonds. The molecule has 0 aliphatic heterocycles. The molecule has 28 aromatic rings. The van der Waals surface area contributed by atoms with Crippen LogP contribution in [0.5, 0.6) is 0 Å². The van der Waals surface area contributed by atoms with Gasteiger partial charge in [-0.1, -0.05) is 224 Å². The molecule has 0 saturated carbocycles. The number of nitriles is 2. The number of para-hydroxylation sites is 10. The van der Waals surface area contributed by atoms with Crippen molar-refractivity contribution in [2.75, 3.05) is 0 Å². The van der Waals surface area contributed by atoms with E-state index in [2.05, 4.69) is 425 Å². The highest BCUT2D eigenvalue weighted by molar-refractivity contribution is 6.29. The number of nitrogens with zero attached hydrogens (tertiary/aromatic N) is 12. The van der Waals surface area contributed by atoms with E-state index in [1.807, 2.05) is 48.8 Å². The lowest BCUT2D eigenvalue weighted by Crippen LogP contribution is -2.05. The summed E-state index contributed by atoms with van der Waals surface area (Å²) in [5.74, 6) is 0. The van der Waals surface area contributed by atoms with E-state index in [0.717, 1.165) is 221 Å². The van der Waals surface area contributed by atoms with E-state index >= 15 is 0 Å². The first kappa shape index (κ1) is 72.9. The molecular weight excluding hydrogens is 1610 g/mol. The average Bonchev–Trinajstić information content (AvgIpc) is 1.55. The lowest BCUT2D eigenvalue weighted by atomic mass is 10.00. The van der Waals surface area contributed by atoms with Gasteiger partial charge in [-0.05, 0) is 199 Å². The largest absolute Gasteiger partial charge is 0.309 e. The molecule has 132 heavy (non-hydrogen) atoms. The summed E-state index contributed by atoms with van der Waals surface area (Å²) in [5.41, 5.74) is 30.6. The molecule has 10 aromatic heterocycles. The van der Waals surface area contributed by atoms with Crippen molar-refractivity contribution in [3.63, 3.8) is 0 Å². The van der Waals surface area contributed by atoms with Crippen molar-refractivity contribution >= 4 is 174 Å². The number of pyridine rings is 2. The summed E-state index contributed by atoms with van der Waals surface area (Å²) in [6.07, 6.45) is 3.72. The van der Waals surface area contributed by atoms with Crippen LogP contribution >= 0.6 is 0 Å². The van der Waals surface area contributed by atoms with E-state index in [4.69, 9.17) is 9.97 Å². The third kappa shape index (κ3) is 10.2. The SMILES string of the molecule is N#Cc1cccc(-n2c3ccccc3c3cc4c5ccccc5n(-c5ccc(-c6ccc7c(c6)c6ccc8c(c9ccccc9n8-c8cccc(C#N)c8-c8ncccc8-n8c9ccccc9c9c8ccc8c%10ccccc%10n(-c%10ccccc%10)c89)c6n7-c6ccccc6)cc5)c4cc32)c1-c1ncccc1-n1c2ccccc2c2cc3c4ccccc4n(-c4ccccc4)c3cc21. The van der Waals surface area contributed by atoms with Crippen molar-refractivity contribution in [1.82, 2.24) is 46.5 Å². The van der Waals surface area contributed by atoms with E-state index in [1.54, 1.807) is 0 Å². The van der Waals surface area contributed by atoms with Gasteiger partial charge >= 0.3 is 0 Å². The van der Waals surface area contributed by atoms with Crippen LogP contribution in [-0.2, 0) is 0 Å². The normalized spacial score (nSPS) is 12.1. The molecule has 0 unspecified atom stereocenters. The molecule has 0 atom stereocenters. The van der Waals surface area contributed by atoms with Crippen LogP contribution in [0.3, 0.4) is 0 Å². The Kier molecular flexibility index (Phi) is 15.5. The highest BCUT2D eigenvalue weighted by Crippen LogP contribution is 2.51. The van der Waals surface area contributed by atoms with Gasteiger partial charge in [0.1, 0.15) is 0 Å². The predicted octanol–water partition coefficient (Wildman–Crippen LogP) is 30.0. The maximum Gasteiger partial charge on any atom is 0.0999 e. The number of benzene rings is 18. The molecule has 610 valence electrons. The maximum absolute atomic E-state index is 11.6. The lowest BCUT2D eigenvalue weighted by molar-refractivity contribution is 1.12. The Hall–Kier alpha value is -18.4. The first-order valence-corrected chi connectivity index (χ1v) is 44.6. The quantitative estimate of drug-likeness (QED) is 0.128. The predicted molar refractivity (Wildman–Crippen MR) is 542 cm³/mol. The second-order valence-corrected chi connectivity index (χ2v) is 34.4. The van der Waals surface area contributed by atoms with E-state index in [-0.39, 0.29) is 0 Å². The molecule has 0 spiro atoms. The van der Waals surface area contributed by atoms with E-state index in [9.17, 15) is 10.5 Å². The molecule has 10 heterocycles. The van der Waals surface area contributed by atoms with Crippen molar-refractivity contribution in [3.05, 3.63) is 436 Å². The van der Waals surface area contributed by atoms with Crippen LogP contribution in [0.25, 0.3) is 254 Å². The summed E-state index contributed by atoms with van der Waals surface area (Å²) in [6.45, 7) is 0. The first-order valence-electron chi connectivity index (χ1n) is 44.6. The smallest absolute Gasteiger partial charge is 0.0999 e. The Bertz CT molecular complexity index is 9940. The summed E-state index contributed by atoms with van der Waals surface area (Å²) < 4.78 is 19.1. The number of aromatic nitrogens is 10. The van der Waals surface area contributed by atoms with Crippen molar-refractivity contribution in [3.8, 4) is 91.3 Å². The number of hydrogen-bond acceptors (Lipinski definition) is 4. The Balaban J connectivity index is 0.591. The van der Waals surface area contributed by atoms with Crippen molar-refractivity contribution in [2.24, 2.45) is 0 Å². The highest BCUT2D eigenvalue weighted by Gasteiger charge is 2.31. The number of rotatable bonds is 11. The van der Waals surface area contributed by atoms with E-state index in [1.165, 1.54) is 21.5 Å². The van der Waals surface area contributed by atoms with Gasteiger partial charge < -0.3 is 36.5 Å². The minimum atomic E-state index is 0.511. The molecule has 0 saturated heterocycles. The molecule has 28 rings (SSSR count). The van der Waals surface area contributed by atoms with Crippen molar-refractivity contribution in [2.45, 2.75) is 0 Å². The van der Waals surface area contributed by atoms with E-state index < -0.39 is 0 Å². The third-order valence-corrected chi connectivity index (χ3v) is 27.8. The van der Waals surface area contributed by atoms with Crippen LogP contribution in [0.15, 0.2) is 425 Å². The van der Waals surface area contributed by atoms with E-state index in [0.29, 0.717) is 22.5 Å². The van der Waals surface area contributed by atoms with Gasteiger partial charge in [0.2, 0.25) is 0 Å². The van der Waals surface area contributed by atoms with Gasteiger partial charge in [0.05, 0.1) is 146 Å². The van der Waals surface area contributed by atoms with Crippen LogP contribution < -0.4 is 0 Å². The molecular formula is C120H70N12. The minimum absolute atomic E-state index is 0.511. The molecule has 0 radical (unpaired) electrons. The van der Waals surface area contributed by atoms with Crippen molar-refractivity contribution < 1.29 is 0 Å². The third-order valence-electron chi connectivity index (χ3n) is 27.8. The van der Waals surface area contributed by atoms with Gasteiger partial charge in [0.25, 0.3) is 0 Å². The zero-order chi connectivity index (χ0) is 86.7. The Labute approximate surface area is 753 Å². The number of fused-ring (bicyclic) bond motifs is 26. The highest BCUT2D eigenvalue weighted by atomic mass is 15.1. The molecule has 0 N–H and O–H groups in total. The van der Waals surface area contributed by atoms with Crippen LogP contribution in [0.1, 0.15) is 11.1 Å². The first-order chi connectivity index (χ1) is 65.5. The van der Waals surface area contributed by atoms with Gasteiger partial charge in [-0.2, -0.15) is 10.5 Å². The molecule has 0 bridgehead atoms. The van der Waals surface area contributed by atoms with Gasteiger partial charge in [0, 0.05) is 132 Å². The zero-order valence-corrected chi connectivity index (χ0v) is 70.8. The second kappa shape index (κ2) is 28.1. The van der Waals surface area contributed by atoms with Crippen LogP contribution in [0.4, 0.5) is 0 Å². The minimum Gasteiger partial charge on any atom is -0.309 e. The topological polar surface area (TPSA) is 113 Å². The zero-order valence-electron chi connectivity index (χ0n) is 70.8. The van der Waals surface area contributed by atoms with Gasteiger partial charge in [-0.3, -0.25) is 9.97 Å². The fraction of sp³-hybridized carbons (Fsp3) is 0. The molecule has 0 aliphatic rings. The molecule has 0 fully saturated rings. The van der Waals surface area contributed by atoms with Gasteiger partial charge in [-0.15, -0.1) is 0 Å². The molecule has 18 aromatic carbocycles. The lowest BCUT2D eigenvalue weighted by Gasteiger charge is -2.19. The van der Waals surface area contributed by atoms with Crippen LogP contribution in [-0.4, -0.2) is 46.5 Å². The molecule has 12 nitrogen and oxygen atoms in total. The number of hydrogen-bond donors (Lipinski definition) is 0.